The van der Waals surface area contributed by atoms with E-state index in [-0.39, 0.29) is 12.0 Å². The summed E-state index contributed by atoms with van der Waals surface area (Å²) in [6.07, 6.45) is 13.3. The maximum Gasteiger partial charge on any atom is 0.316 e. The standard InChI is InChI=1S/C18H26ClN3O2/c19-15-11-20-18(21-12-15)24-16-7-4-10-22(13-16)17(23)9-8-14-5-2-1-3-6-14/h11-12,14,16H,1-10,13H2. The van der Waals surface area contributed by atoms with Crippen molar-refractivity contribution < 1.29 is 9.53 Å². The van der Waals surface area contributed by atoms with E-state index in [2.05, 4.69) is 9.97 Å². The number of carbonyl (C=O) groups is 1. The van der Waals surface area contributed by atoms with E-state index >= 15 is 0 Å². The molecule has 6 heteroatoms. The number of hydrogen-bond acceptors (Lipinski definition) is 4. The molecule has 24 heavy (non-hydrogen) atoms. The minimum absolute atomic E-state index is 0.0291. The molecule has 0 N–H and O–H groups in total. The minimum Gasteiger partial charge on any atom is -0.458 e. The summed E-state index contributed by atoms with van der Waals surface area (Å²) in [5.74, 6) is 1.02. The Bertz CT molecular complexity index is 532. The van der Waals surface area contributed by atoms with Crippen LogP contribution in [0.1, 0.15) is 57.8 Å². The van der Waals surface area contributed by atoms with Crippen molar-refractivity contribution in [2.75, 3.05) is 13.1 Å². The number of likely N-dealkylation sites (tertiary alicyclic amines) is 1. The SMILES string of the molecule is O=C(CCC1CCCCC1)N1CCCC(Oc2ncc(Cl)cn2)C1. The number of carbonyl (C=O) groups excluding carboxylic acids is 1. The monoisotopic (exact) mass is 351 g/mol. The first-order chi connectivity index (χ1) is 11.7. The molecule has 1 aromatic rings. The Kier molecular flexibility index (Phi) is 6.30. The quantitative estimate of drug-likeness (QED) is 0.808. The Labute approximate surface area is 148 Å². The molecule has 3 rings (SSSR count). The van der Waals surface area contributed by atoms with Gasteiger partial charge in [-0.05, 0) is 25.2 Å². The third kappa shape index (κ3) is 5.07. The molecule has 0 aromatic carbocycles. The topological polar surface area (TPSA) is 55.3 Å². The van der Waals surface area contributed by atoms with Gasteiger partial charge in [-0.3, -0.25) is 4.79 Å². The van der Waals surface area contributed by atoms with Crippen molar-refractivity contribution in [3.05, 3.63) is 17.4 Å². The highest BCUT2D eigenvalue weighted by Crippen LogP contribution is 2.28. The molecule has 1 aliphatic carbocycles. The summed E-state index contributed by atoms with van der Waals surface area (Å²) in [4.78, 5) is 22.6. The van der Waals surface area contributed by atoms with Crippen LogP contribution < -0.4 is 4.74 Å². The van der Waals surface area contributed by atoms with Crippen molar-refractivity contribution in [3.63, 3.8) is 0 Å². The first kappa shape index (κ1) is 17.5. The molecule has 1 atom stereocenters. The Morgan fingerprint density at radius 3 is 2.67 bits per heavy atom. The predicted octanol–water partition coefficient (Wildman–Crippen LogP) is 3.86. The number of hydrogen-bond donors (Lipinski definition) is 0. The summed E-state index contributed by atoms with van der Waals surface area (Å²) >= 11 is 5.78. The molecule has 1 unspecified atom stereocenters. The first-order valence-electron chi connectivity index (χ1n) is 9.12. The Morgan fingerprint density at radius 1 is 1.17 bits per heavy atom. The predicted molar refractivity (Wildman–Crippen MR) is 93.1 cm³/mol. The zero-order valence-corrected chi connectivity index (χ0v) is 14.9. The summed E-state index contributed by atoms with van der Waals surface area (Å²) in [5, 5.41) is 0.491. The fourth-order valence-corrected chi connectivity index (χ4v) is 3.83. The smallest absolute Gasteiger partial charge is 0.316 e. The van der Waals surface area contributed by atoms with Crippen LogP contribution in [0.5, 0.6) is 6.01 Å². The van der Waals surface area contributed by atoms with Crippen LogP contribution in [-0.4, -0.2) is 40.0 Å². The molecule has 1 aliphatic heterocycles. The number of ether oxygens (including phenoxy) is 1. The lowest BCUT2D eigenvalue weighted by molar-refractivity contribution is -0.134. The maximum atomic E-state index is 12.5. The van der Waals surface area contributed by atoms with Gasteiger partial charge in [0.1, 0.15) is 6.10 Å². The van der Waals surface area contributed by atoms with Gasteiger partial charge in [-0.25, -0.2) is 9.97 Å². The zero-order valence-electron chi connectivity index (χ0n) is 14.1. The first-order valence-corrected chi connectivity index (χ1v) is 9.50. The molecule has 1 amide bonds. The van der Waals surface area contributed by atoms with E-state index < -0.39 is 0 Å². The number of aromatic nitrogens is 2. The molecule has 5 nitrogen and oxygen atoms in total. The molecule has 0 bridgehead atoms. The summed E-state index contributed by atoms with van der Waals surface area (Å²) in [7, 11) is 0. The fraction of sp³-hybridized carbons (Fsp3) is 0.722. The molecular weight excluding hydrogens is 326 g/mol. The fourth-order valence-electron chi connectivity index (χ4n) is 3.73. The second-order valence-electron chi connectivity index (χ2n) is 6.95. The third-order valence-electron chi connectivity index (χ3n) is 5.09. The number of piperidine rings is 1. The van der Waals surface area contributed by atoms with Crippen molar-refractivity contribution in [3.8, 4) is 6.01 Å². The van der Waals surface area contributed by atoms with Gasteiger partial charge in [0.15, 0.2) is 0 Å². The Balaban J connectivity index is 1.45. The van der Waals surface area contributed by atoms with Crippen LogP contribution in [0.4, 0.5) is 0 Å². The molecule has 2 aliphatic rings. The number of halogens is 1. The molecular formula is C18H26ClN3O2. The lowest BCUT2D eigenvalue weighted by Gasteiger charge is -2.33. The Hall–Kier alpha value is -1.36. The zero-order chi connectivity index (χ0) is 16.8. The lowest BCUT2D eigenvalue weighted by Crippen LogP contribution is -2.44. The van der Waals surface area contributed by atoms with Gasteiger partial charge in [0, 0.05) is 13.0 Å². The second kappa shape index (κ2) is 8.65. The molecule has 0 radical (unpaired) electrons. The highest BCUT2D eigenvalue weighted by molar-refractivity contribution is 6.30. The van der Waals surface area contributed by atoms with Gasteiger partial charge in [0.2, 0.25) is 5.91 Å². The summed E-state index contributed by atoms with van der Waals surface area (Å²) in [5.41, 5.74) is 0. The molecule has 2 fully saturated rings. The molecule has 1 saturated carbocycles. The van der Waals surface area contributed by atoms with Crippen LogP contribution in [0.15, 0.2) is 12.4 Å². The van der Waals surface area contributed by atoms with Crippen molar-refractivity contribution >= 4 is 17.5 Å². The van der Waals surface area contributed by atoms with E-state index in [0.29, 0.717) is 24.0 Å². The second-order valence-corrected chi connectivity index (χ2v) is 7.38. The number of nitrogens with zero attached hydrogens (tertiary/aromatic N) is 3. The number of rotatable bonds is 5. The molecule has 1 aromatic heterocycles. The average molecular weight is 352 g/mol. The van der Waals surface area contributed by atoms with Gasteiger partial charge in [-0.1, -0.05) is 43.7 Å². The van der Waals surface area contributed by atoms with Crippen molar-refractivity contribution in [2.24, 2.45) is 5.92 Å². The molecule has 2 heterocycles. The van der Waals surface area contributed by atoms with Gasteiger partial charge in [0.05, 0.1) is 24.0 Å². The van der Waals surface area contributed by atoms with Gasteiger partial charge in [-0.2, -0.15) is 0 Å². The van der Waals surface area contributed by atoms with Gasteiger partial charge in [-0.15, -0.1) is 0 Å². The number of amides is 1. The van der Waals surface area contributed by atoms with Crippen LogP contribution in [0.2, 0.25) is 5.02 Å². The van der Waals surface area contributed by atoms with E-state index in [1.807, 2.05) is 4.90 Å². The Morgan fingerprint density at radius 2 is 1.92 bits per heavy atom. The van der Waals surface area contributed by atoms with Crippen LogP contribution in [0, 0.1) is 5.92 Å². The molecule has 0 spiro atoms. The molecule has 1 saturated heterocycles. The highest BCUT2D eigenvalue weighted by Gasteiger charge is 2.26. The van der Waals surface area contributed by atoms with E-state index in [4.69, 9.17) is 16.3 Å². The van der Waals surface area contributed by atoms with Crippen molar-refractivity contribution in [2.45, 2.75) is 63.9 Å². The van der Waals surface area contributed by atoms with Gasteiger partial charge in [0.25, 0.3) is 0 Å². The van der Waals surface area contributed by atoms with E-state index in [0.717, 1.165) is 31.7 Å². The van der Waals surface area contributed by atoms with Crippen molar-refractivity contribution in [1.29, 1.82) is 0 Å². The maximum absolute atomic E-state index is 12.5. The minimum atomic E-state index is -0.0291. The molecule has 132 valence electrons. The van der Waals surface area contributed by atoms with E-state index in [1.165, 1.54) is 44.5 Å². The van der Waals surface area contributed by atoms with Gasteiger partial charge >= 0.3 is 6.01 Å². The van der Waals surface area contributed by atoms with Crippen molar-refractivity contribution in [1.82, 2.24) is 14.9 Å². The largest absolute Gasteiger partial charge is 0.458 e. The van der Waals surface area contributed by atoms with E-state index in [1.54, 1.807) is 0 Å². The highest BCUT2D eigenvalue weighted by atomic mass is 35.5. The summed E-state index contributed by atoms with van der Waals surface area (Å²) < 4.78 is 5.81. The third-order valence-corrected chi connectivity index (χ3v) is 5.29. The van der Waals surface area contributed by atoms with Crippen LogP contribution in [0.3, 0.4) is 0 Å². The van der Waals surface area contributed by atoms with Crippen LogP contribution in [-0.2, 0) is 4.79 Å². The summed E-state index contributed by atoms with van der Waals surface area (Å²) in [6.45, 7) is 1.47. The normalized spacial score (nSPS) is 22.4. The van der Waals surface area contributed by atoms with Crippen LogP contribution in [0.25, 0.3) is 0 Å². The van der Waals surface area contributed by atoms with Gasteiger partial charge < -0.3 is 9.64 Å². The average Bonchev–Trinajstić information content (AvgIpc) is 2.63. The van der Waals surface area contributed by atoms with Crippen LogP contribution >= 0.6 is 11.6 Å². The lowest BCUT2D eigenvalue weighted by atomic mass is 9.86. The summed E-state index contributed by atoms with van der Waals surface area (Å²) in [6, 6.07) is 0.334. The van der Waals surface area contributed by atoms with E-state index in [9.17, 15) is 4.79 Å².